The zero-order chi connectivity index (χ0) is 18.1. The lowest BCUT2D eigenvalue weighted by Crippen LogP contribution is -2.41. The van der Waals surface area contributed by atoms with Crippen molar-refractivity contribution in [1.29, 1.82) is 0 Å². The number of nitrogens with one attached hydrogen (secondary N) is 1. The van der Waals surface area contributed by atoms with Crippen LogP contribution in [0.15, 0.2) is 5.16 Å². The van der Waals surface area contributed by atoms with Crippen molar-refractivity contribution in [2.75, 3.05) is 5.75 Å². The van der Waals surface area contributed by atoms with Gasteiger partial charge in [-0.3, -0.25) is 4.79 Å². The number of thioether (sulfide) groups is 1. The van der Waals surface area contributed by atoms with Gasteiger partial charge in [0.05, 0.1) is 5.75 Å². The average molecular weight is 377 g/mol. The molecule has 4 atom stereocenters. The normalized spacial score (nSPS) is 29.8. The van der Waals surface area contributed by atoms with Crippen LogP contribution >= 0.6 is 11.8 Å². The zero-order valence-corrected chi connectivity index (χ0v) is 16.9. The summed E-state index contributed by atoms with van der Waals surface area (Å²) in [5.41, 5.74) is 0. The van der Waals surface area contributed by atoms with E-state index in [0.717, 1.165) is 22.8 Å². The highest BCUT2D eigenvalue weighted by molar-refractivity contribution is 7.99. The fourth-order valence-corrected chi connectivity index (χ4v) is 6.51. The molecule has 3 saturated carbocycles. The Morgan fingerprint density at radius 2 is 2.00 bits per heavy atom. The molecule has 4 unspecified atom stereocenters. The summed E-state index contributed by atoms with van der Waals surface area (Å²) in [6.45, 7) is 4.23. The monoisotopic (exact) mass is 376 g/mol. The number of aryl methyl sites for hydroxylation is 1. The molecule has 144 valence electrons. The summed E-state index contributed by atoms with van der Waals surface area (Å²) < 4.78 is 2.27. The molecule has 3 aliphatic rings. The first-order valence-electron chi connectivity index (χ1n) is 10.5. The third-order valence-electron chi connectivity index (χ3n) is 6.93. The molecule has 5 nitrogen and oxygen atoms in total. The highest BCUT2D eigenvalue weighted by Crippen LogP contribution is 2.49. The first-order valence-corrected chi connectivity index (χ1v) is 11.4. The number of hydrogen-bond donors (Lipinski definition) is 1. The molecule has 0 radical (unpaired) electrons. The average Bonchev–Trinajstić information content (AvgIpc) is 3.36. The van der Waals surface area contributed by atoms with Gasteiger partial charge in [0.2, 0.25) is 5.91 Å². The molecule has 1 amide bonds. The van der Waals surface area contributed by atoms with Crippen LogP contribution in [0.1, 0.15) is 76.6 Å². The van der Waals surface area contributed by atoms with Gasteiger partial charge in [0.15, 0.2) is 5.16 Å². The second-order valence-electron chi connectivity index (χ2n) is 8.68. The van der Waals surface area contributed by atoms with Crippen LogP contribution in [0.2, 0.25) is 0 Å². The van der Waals surface area contributed by atoms with E-state index in [2.05, 4.69) is 27.0 Å². The predicted molar refractivity (Wildman–Crippen MR) is 104 cm³/mol. The van der Waals surface area contributed by atoms with Crippen LogP contribution in [0, 0.1) is 24.7 Å². The van der Waals surface area contributed by atoms with Gasteiger partial charge in [-0.1, -0.05) is 37.4 Å². The summed E-state index contributed by atoms with van der Waals surface area (Å²) in [6, 6.07) is 0.814. The van der Waals surface area contributed by atoms with Crippen LogP contribution in [-0.2, 0) is 4.79 Å². The van der Waals surface area contributed by atoms with Gasteiger partial charge in [-0.2, -0.15) is 0 Å². The molecule has 0 aromatic carbocycles. The Bertz CT molecular complexity index is 640. The summed E-state index contributed by atoms with van der Waals surface area (Å²) >= 11 is 1.55. The van der Waals surface area contributed by atoms with Crippen molar-refractivity contribution in [3.8, 4) is 0 Å². The van der Waals surface area contributed by atoms with Gasteiger partial charge in [-0.15, -0.1) is 10.2 Å². The third-order valence-corrected chi connectivity index (χ3v) is 7.87. The minimum Gasteiger partial charge on any atom is -0.353 e. The first-order chi connectivity index (χ1) is 12.6. The molecule has 1 aromatic heterocycles. The molecule has 26 heavy (non-hydrogen) atoms. The Morgan fingerprint density at radius 3 is 2.69 bits per heavy atom. The van der Waals surface area contributed by atoms with Crippen LogP contribution in [0.4, 0.5) is 0 Å². The molecular formula is C20H32N4OS. The summed E-state index contributed by atoms with van der Waals surface area (Å²) in [4.78, 5) is 12.5. The van der Waals surface area contributed by atoms with E-state index in [1.54, 1.807) is 11.8 Å². The number of fused-ring (bicyclic) bond motifs is 2. The van der Waals surface area contributed by atoms with Crippen LogP contribution in [0.25, 0.3) is 0 Å². The fraction of sp³-hybridized carbons (Fsp3) is 0.850. The van der Waals surface area contributed by atoms with E-state index in [1.165, 1.54) is 57.8 Å². The van der Waals surface area contributed by atoms with E-state index in [0.29, 0.717) is 23.8 Å². The van der Waals surface area contributed by atoms with Gasteiger partial charge >= 0.3 is 0 Å². The largest absolute Gasteiger partial charge is 0.353 e. The molecule has 6 heteroatoms. The molecule has 0 aliphatic heterocycles. The van der Waals surface area contributed by atoms with E-state index >= 15 is 0 Å². The smallest absolute Gasteiger partial charge is 0.230 e. The molecule has 3 fully saturated rings. The molecule has 0 saturated heterocycles. The Hall–Kier alpha value is -1.04. The van der Waals surface area contributed by atoms with Crippen molar-refractivity contribution in [2.24, 2.45) is 17.8 Å². The Labute approximate surface area is 161 Å². The Kier molecular flexibility index (Phi) is 5.58. The Balaban J connectivity index is 1.30. The minimum atomic E-state index is 0.140. The first kappa shape index (κ1) is 18.3. The van der Waals surface area contributed by atoms with Crippen molar-refractivity contribution in [3.63, 3.8) is 0 Å². The molecule has 0 spiro atoms. The van der Waals surface area contributed by atoms with E-state index in [9.17, 15) is 4.79 Å². The van der Waals surface area contributed by atoms with Crippen molar-refractivity contribution < 1.29 is 4.79 Å². The lowest BCUT2D eigenvalue weighted by atomic mass is 9.84. The summed E-state index contributed by atoms with van der Waals surface area (Å²) in [5.74, 6) is 4.03. The number of hydrogen-bond acceptors (Lipinski definition) is 4. The molecular weight excluding hydrogens is 344 g/mol. The second kappa shape index (κ2) is 7.91. The topological polar surface area (TPSA) is 59.8 Å². The third kappa shape index (κ3) is 3.80. The molecule has 1 N–H and O–H groups in total. The van der Waals surface area contributed by atoms with Crippen LogP contribution < -0.4 is 5.32 Å². The SMILES string of the molecule is Cc1nnc(SCC(=O)NC(C)C2CC3CCC2C3)n1C1CCCCC1. The number of carbonyl (C=O) groups excluding carboxylic acids is 1. The molecule has 1 aromatic rings. The van der Waals surface area contributed by atoms with Crippen LogP contribution in [-0.4, -0.2) is 32.5 Å². The number of nitrogens with zero attached hydrogens (tertiary/aromatic N) is 3. The lowest BCUT2D eigenvalue weighted by Gasteiger charge is -2.28. The van der Waals surface area contributed by atoms with Gasteiger partial charge in [0.1, 0.15) is 5.82 Å². The van der Waals surface area contributed by atoms with E-state index in [4.69, 9.17) is 0 Å². The van der Waals surface area contributed by atoms with E-state index < -0.39 is 0 Å². The number of rotatable bonds is 6. The Morgan fingerprint density at radius 1 is 1.19 bits per heavy atom. The minimum absolute atomic E-state index is 0.140. The van der Waals surface area contributed by atoms with Crippen LogP contribution in [0.5, 0.6) is 0 Å². The maximum Gasteiger partial charge on any atom is 0.230 e. The number of amides is 1. The summed E-state index contributed by atoms with van der Waals surface area (Å²) in [5, 5.41) is 12.8. The van der Waals surface area contributed by atoms with Crippen molar-refractivity contribution in [2.45, 2.75) is 88.9 Å². The molecule has 1 heterocycles. The predicted octanol–water partition coefficient (Wildman–Crippen LogP) is 4.12. The van der Waals surface area contributed by atoms with Crippen molar-refractivity contribution in [3.05, 3.63) is 5.82 Å². The summed E-state index contributed by atoms with van der Waals surface area (Å²) in [6.07, 6.45) is 11.8. The van der Waals surface area contributed by atoms with Gasteiger partial charge in [-0.25, -0.2) is 0 Å². The second-order valence-corrected chi connectivity index (χ2v) is 9.62. The van der Waals surface area contributed by atoms with Gasteiger partial charge < -0.3 is 9.88 Å². The van der Waals surface area contributed by atoms with Crippen molar-refractivity contribution in [1.82, 2.24) is 20.1 Å². The zero-order valence-electron chi connectivity index (χ0n) is 16.1. The maximum atomic E-state index is 12.5. The molecule has 3 aliphatic carbocycles. The lowest BCUT2D eigenvalue weighted by molar-refractivity contribution is -0.119. The summed E-state index contributed by atoms with van der Waals surface area (Å²) in [7, 11) is 0. The fourth-order valence-electron chi connectivity index (χ4n) is 5.65. The van der Waals surface area contributed by atoms with Gasteiger partial charge in [0.25, 0.3) is 0 Å². The maximum absolute atomic E-state index is 12.5. The molecule has 4 rings (SSSR count). The van der Waals surface area contributed by atoms with Gasteiger partial charge in [0, 0.05) is 12.1 Å². The standard InChI is InChI=1S/C20H32N4OS/c1-13(18-11-15-8-9-16(18)10-15)21-19(25)12-26-20-23-22-14(2)24(20)17-6-4-3-5-7-17/h13,15-18H,3-12H2,1-2H3,(H,21,25). The number of aromatic nitrogens is 3. The van der Waals surface area contributed by atoms with E-state index in [1.807, 2.05) is 6.92 Å². The number of carbonyl (C=O) groups is 1. The van der Waals surface area contributed by atoms with Crippen molar-refractivity contribution >= 4 is 17.7 Å². The van der Waals surface area contributed by atoms with Crippen LogP contribution in [0.3, 0.4) is 0 Å². The van der Waals surface area contributed by atoms with Gasteiger partial charge in [-0.05, 0) is 63.7 Å². The quantitative estimate of drug-likeness (QED) is 0.759. The molecule has 2 bridgehead atoms. The van der Waals surface area contributed by atoms with E-state index in [-0.39, 0.29) is 5.91 Å². The highest BCUT2D eigenvalue weighted by Gasteiger charge is 2.42. The highest BCUT2D eigenvalue weighted by atomic mass is 32.2.